The Bertz CT molecular complexity index is 937. The van der Waals surface area contributed by atoms with Crippen molar-refractivity contribution in [3.8, 4) is 16.9 Å². The molecular weight excluding hydrogens is 346 g/mol. The van der Waals surface area contributed by atoms with Gasteiger partial charge in [0.15, 0.2) is 0 Å². The topological polar surface area (TPSA) is 38.3 Å². The number of piperidine rings is 1. The van der Waals surface area contributed by atoms with Gasteiger partial charge in [0.1, 0.15) is 5.75 Å². The summed E-state index contributed by atoms with van der Waals surface area (Å²) >= 11 is 0. The lowest BCUT2D eigenvalue weighted by Crippen LogP contribution is -2.41. The standard InChI is InChI=1S/C25H25NO2/c1-28-24-13-12-20(16-23(24)19-10-6-3-7-11-19)22-15-21(25(27)26-17-22)14-18-8-4-2-5-9-18/h2-13,16,21-22H,14-15,17H2,1H3,(H,26,27)/t21?,22-/m1/s1. The molecule has 2 atom stereocenters. The van der Waals surface area contributed by atoms with Gasteiger partial charge in [-0.25, -0.2) is 0 Å². The van der Waals surface area contributed by atoms with E-state index in [1.165, 1.54) is 11.1 Å². The summed E-state index contributed by atoms with van der Waals surface area (Å²) in [6.45, 7) is 0.685. The minimum atomic E-state index is 0.00317. The van der Waals surface area contributed by atoms with Crippen molar-refractivity contribution in [2.75, 3.05) is 13.7 Å². The van der Waals surface area contributed by atoms with Crippen LogP contribution in [0.15, 0.2) is 78.9 Å². The third-order valence-corrected chi connectivity index (χ3v) is 5.57. The van der Waals surface area contributed by atoms with Crippen molar-refractivity contribution in [1.82, 2.24) is 5.32 Å². The Morgan fingerprint density at radius 2 is 1.68 bits per heavy atom. The molecule has 1 fully saturated rings. The smallest absolute Gasteiger partial charge is 0.223 e. The highest BCUT2D eigenvalue weighted by atomic mass is 16.5. The number of carbonyl (C=O) groups is 1. The van der Waals surface area contributed by atoms with E-state index in [-0.39, 0.29) is 11.8 Å². The Morgan fingerprint density at radius 3 is 2.39 bits per heavy atom. The average Bonchev–Trinajstić information content (AvgIpc) is 2.76. The number of methoxy groups -OCH3 is 1. The van der Waals surface area contributed by atoms with Gasteiger partial charge in [-0.05, 0) is 41.7 Å². The fraction of sp³-hybridized carbons (Fsp3) is 0.240. The van der Waals surface area contributed by atoms with Crippen LogP contribution >= 0.6 is 0 Å². The Morgan fingerprint density at radius 1 is 0.964 bits per heavy atom. The van der Waals surface area contributed by atoms with Crippen LogP contribution in [0.25, 0.3) is 11.1 Å². The monoisotopic (exact) mass is 371 g/mol. The first-order valence-electron chi connectivity index (χ1n) is 9.79. The molecule has 0 saturated carbocycles. The van der Waals surface area contributed by atoms with E-state index in [9.17, 15) is 4.79 Å². The number of hydrogen-bond acceptors (Lipinski definition) is 2. The predicted octanol–water partition coefficient (Wildman–Crippen LogP) is 4.82. The molecule has 3 aromatic carbocycles. The second-order valence-corrected chi connectivity index (χ2v) is 7.39. The highest BCUT2D eigenvalue weighted by Gasteiger charge is 2.29. The molecule has 0 radical (unpaired) electrons. The average molecular weight is 371 g/mol. The molecule has 1 aliphatic rings. The molecule has 3 aromatic rings. The van der Waals surface area contributed by atoms with Crippen LogP contribution < -0.4 is 10.1 Å². The van der Waals surface area contributed by atoms with E-state index in [2.05, 4.69) is 41.7 Å². The molecule has 0 aliphatic carbocycles. The molecule has 1 aliphatic heterocycles. The fourth-order valence-corrected chi connectivity index (χ4v) is 4.05. The molecule has 142 valence electrons. The van der Waals surface area contributed by atoms with Crippen molar-refractivity contribution >= 4 is 5.91 Å². The summed E-state index contributed by atoms with van der Waals surface area (Å²) in [5.41, 5.74) is 4.69. The predicted molar refractivity (Wildman–Crippen MR) is 112 cm³/mol. The summed E-state index contributed by atoms with van der Waals surface area (Å²) in [6.07, 6.45) is 1.64. The minimum absolute atomic E-state index is 0.00317. The zero-order chi connectivity index (χ0) is 19.3. The van der Waals surface area contributed by atoms with Gasteiger partial charge in [-0.3, -0.25) is 4.79 Å². The lowest BCUT2D eigenvalue weighted by Gasteiger charge is -2.30. The number of hydrogen-bond donors (Lipinski definition) is 1. The van der Waals surface area contributed by atoms with Gasteiger partial charge in [-0.2, -0.15) is 0 Å². The fourth-order valence-electron chi connectivity index (χ4n) is 4.05. The van der Waals surface area contributed by atoms with Crippen molar-refractivity contribution in [2.45, 2.75) is 18.8 Å². The van der Waals surface area contributed by atoms with Crippen molar-refractivity contribution in [3.05, 3.63) is 90.0 Å². The number of ether oxygens (including phenoxy) is 1. The molecule has 1 N–H and O–H groups in total. The maximum Gasteiger partial charge on any atom is 0.223 e. The lowest BCUT2D eigenvalue weighted by atomic mass is 9.81. The molecule has 1 heterocycles. The van der Waals surface area contributed by atoms with E-state index in [1.54, 1.807) is 7.11 Å². The van der Waals surface area contributed by atoms with Gasteiger partial charge >= 0.3 is 0 Å². The van der Waals surface area contributed by atoms with Crippen LogP contribution in [0.4, 0.5) is 0 Å². The molecule has 1 unspecified atom stereocenters. The summed E-state index contributed by atoms with van der Waals surface area (Å²) in [6, 6.07) is 27.0. The number of nitrogens with one attached hydrogen (secondary N) is 1. The van der Waals surface area contributed by atoms with Crippen molar-refractivity contribution in [1.29, 1.82) is 0 Å². The molecule has 0 bridgehead atoms. The Balaban J connectivity index is 1.59. The Hall–Kier alpha value is -3.07. The normalized spacial score (nSPS) is 19.1. The minimum Gasteiger partial charge on any atom is -0.496 e. The number of rotatable bonds is 5. The van der Waals surface area contributed by atoms with E-state index in [0.717, 1.165) is 29.7 Å². The second-order valence-electron chi connectivity index (χ2n) is 7.39. The number of amides is 1. The van der Waals surface area contributed by atoms with Gasteiger partial charge in [-0.15, -0.1) is 0 Å². The summed E-state index contributed by atoms with van der Waals surface area (Å²) in [7, 11) is 1.71. The molecular formula is C25H25NO2. The summed E-state index contributed by atoms with van der Waals surface area (Å²) < 4.78 is 5.59. The van der Waals surface area contributed by atoms with Crippen LogP contribution in [0.5, 0.6) is 5.75 Å². The van der Waals surface area contributed by atoms with E-state index in [0.29, 0.717) is 12.5 Å². The van der Waals surface area contributed by atoms with Crippen LogP contribution in [0.3, 0.4) is 0 Å². The van der Waals surface area contributed by atoms with E-state index < -0.39 is 0 Å². The van der Waals surface area contributed by atoms with Gasteiger partial charge < -0.3 is 10.1 Å². The maximum atomic E-state index is 12.4. The SMILES string of the molecule is COc1ccc([C@H]2CNC(=O)C(Cc3ccccc3)C2)cc1-c1ccccc1. The van der Waals surface area contributed by atoms with Gasteiger partial charge in [0.25, 0.3) is 0 Å². The first-order valence-corrected chi connectivity index (χ1v) is 9.79. The van der Waals surface area contributed by atoms with Gasteiger partial charge in [0.2, 0.25) is 5.91 Å². The van der Waals surface area contributed by atoms with E-state index >= 15 is 0 Å². The second kappa shape index (κ2) is 8.30. The van der Waals surface area contributed by atoms with Crippen molar-refractivity contribution in [3.63, 3.8) is 0 Å². The van der Waals surface area contributed by atoms with Crippen LogP contribution in [0, 0.1) is 5.92 Å². The first-order chi connectivity index (χ1) is 13.7. The van der Waals surface area contributed by atoms with Crippen LogP contribution in [0.1, 0.15) is 23.5 Å². The summed E-state index contributed by atoms with van der Waals surface area (Å²) in [5, 5.41) is 3.12. The van der Waals surface area contributed by atoms with Crippen LogP contribution in [-0.2, 0) is 11.2 Å². The summed E-state index contributed by atoms with van der Waals surface area (Å²) in [4.78, 5) is 12.4. The zero-order valence-electron chi connectivity index (χ0n) is 16.1. The highest BCUT2D eigenvalue weighted by molar-refractivity contribution is 5.80. The van der Waals surface area contributed by atoms with E-state index in [4.69, 9.17) is 4.74 Å². The maximum absolute atomic E-state index is 12.4. The Labute approximate surface area is 166 Å². The molecule has 0 spiro atoms. The first kappa shape index (κ1) is 18.3. The largest absolute Gasteiger partial charge is 0.496 e. The highest BCUT2D eigenvalue weighted by Crippen LogP contribution is 2.36. The van der Waals surface area contributed by atoms with Crippen molar-refractivity contribution in [2.24, 2.45) is 5.92 Å². The molecule has 28 heavy (non-hydrogen) atoms. The molecule has 0 aromatic heterocycles. The molecule has 3 nitrogen and oxygen atoms in total. The molecule has 4 rings (SSSR count). The lowest BCUT2D eigenvalue weighted by molar-refractivity contribution is -0.126. The van der Waals surface area contributed by atoms with Crippen molar-refractivity contribution < 1.29 is 9.53 Å². The summed E-state index contributed by atoms with van der Waals surface area (Å²) in [5.74, 6) is 1.34. The van der Waals surface area contributed by atoms with E-state index in [1.807, 2.05) is 42.5 Å². The quantitative estimate of drug-likeness (QED) is 0.698. The van der Waals surface area contributed by atoms with Gasteiger partial charge in [-0.1, -0.05) is 66.7 Å². The van der Waals surface area contributed by atoms with Gasteiger partial charge in [0.05, 0.1) is 7.11 Å². The van der Waals surface area contributed by atoms with Crippen LogP contribution in [0.2, 0.25) is 0 Å². The van der Waals surface area contributed by atoms with Gasteiger partial charge in [0, 0.05) is 23.9 Å². The number of benzene rings is 3. The third kappa shape index (κ3) is 3.94. The number of carbonyl (C=O) groups excluding carboxylic acids is 1. The Kier molecular flexibility index (Phi) is 5.43. The zero-order valence-corrected chi connectivity index (χ0v) is 16.1. The molecule has 1 amide bonds. The molecule has 1 saturated heterocycles. The third-order valence-electron chi connectivity index (χ3n) is 5.57. The molecule has 3 heteroatoms. The van der Waals surface area contributed by atoms with Crippen LogP contribution in [-0.4, -0.2) is 19.6 Å².